The molecular weight excluding hydrogens is 273 g/mol. The van der Waals surface area contributed by atoms with E-state index >= 15 is 0 Å². The zero-order chi connectivity index (χ0) is 9.42. The minimum Gasteiger partial charge on any atom is -0.199 e. The first-order chi connectivity index (χ1) is 6.20. The second-order valence-corrected chi connectivity index (χ2v) is 4.37. The lowest BCUT2D eigenvalue weighted by Crippen LogP contribution is -2.32. The van der Waals surface area contributed by atoms with Gasteiger partial charge in [-0.2, -0.15) is 4.57 Å². The molecule has 0 radical (unpaired) electrons. The van der Waals surface area contributed by atoms with Gasteiger partial charge in [0.05, 0.1) is 5.39 Å². The van der Waals surface area contributed by atoms with Crippen molar-refractivity contribution in [2.24, 2.45) is 7.05 Å². The number of aryl methyl sites for hydroxylation is 2. The largest absolute Gasteiger partial charge is 0.213 e. The fraction of sp³-hybridized carbons (Fsp3) is 0.182. The fourth-order valence-corrected chi connectivity index (χ4v) is 2.42. The number of rotatable bonds is 0. The van der Waals surface area contributed by atoms with E-state index in [0.29, 0.717) is 0 Å². The minimum absolute atomic E-state index is 1.29. The summed E-state index contributed by atoms with van der Waals surface area (Å²) in [4.78, 5) is 0. The molecule has 1 nitrogen and oxygen atoms in total. The van der Waals surface area contributed by atoms with Crippen molar-refractivity contribution in [1.82, 2.24) is 0 Å². The minimum atomic E-state index is 1.29. The molecule has 1 aromatic carbocycles. The highest BCUT2D eigenvalue weighted by Crippen LogP contribution is 2.17. The van der Waals surface area contributed by atoms with Crippen molar-refractivity contribution >= 4 is 33.5 Å². The molecule has 13 heavy (non-hydrogen) atoms. The lowest BCUT2D eigenvalue weighted by Gasteiger charge is -2.01. The van der Waals surface area contributed by atoms with Crippen LogP contribution in [-0.2, 0) is 7.05 Å². The van der Waals surface area contributed by atoms with Crippen LogP contribution in [0.3, 0.4) is 0 Å². The van der Waals surface area contributed by atoms with Gasteiger partial charge < -0.3 is 0 Å². The van der Waals surface area contributed by atoms with Crippen LogP contribution in [0.2, 0.25) is 0 Å². The second-order valence-electron chi connectivity index (χ2n) is 3.21. The van der Waals surface area contributed by atoms with Crippen molar-refractivity contribution in [3.8, 4) is 0 Å². The van der Waals surface area contributed by atoms with E-state index in [0.717, 1.165) is 0 Å². The van der Waals surface area contributed by atoms with Gasteiger partial charge in [-0.05, 0) is 28.7 Å². The second kappa shape index (κ2) is 3.25. The molecule has 66 valence electrons. The van der Waals surface area contributed by atoms with E-state index in [9.17, 15) is 0 Å². The molecule has 0 spiro atoms. The maximum absolute atomic E-state index is 2.39. The Hall–Kier alpha value is -0.640. The molecule has 2 heteroatoms. The maximum atomic E-state index is 2.39. The number of benzene rings is 1. The molecule has 0 saturated carbocycles. The van der Waals surface area contributed by atoms with Crippen molar-refractivity contribution < 1.29 is 4.57 Å². The summed E-state index contributed by atoms with van der Waals surface area (Å²) in [5, 5.41) is 1.33. The molecule has 0 N–H and O–H groups in total. The predicted molar refractivity (Wildman–Crippen MR) is 62.6 cm³/mol. The molecule has 0 bridgehead atoms. The lowest BCUT2D eigenvalue weighted by atomic mass is 10.2. The van der Waals surface area contributed by atoms with Crippen LogP contribution >= 0.6 is 22.6 Å². The molecule has 2 rings (SSSR count). The number of hydrogen-bond acceptors (Lipinski definition) is 0. The summed E-state index contributed by atoms with van der Waals surface area (Å²) >= 11 is 2.39. The topological polar surface area (TPSA) is 3.88 Å². The molecule has 2 aromatic rings. The SMILES string of the molecule is Cc1cc(I)c2ccccc2[n+]1C. The van der Waals surface area contributed by atoms with Crippen LogP contribution in [0.1, 0.15) is 5.69 Å². The third-order valence-electron chi connectivity index (χ3n) is 2.39. The van der Waals surface area contributed by atoms with Gasteiger partial charge in [-0.25, -0.2) is 0 Å². The van der Waals surface area contributed by atoms with Gasteiger partial charge in [-0.1, -0.05) is 12.1 Å². The molecule has 0 aliphatic carbocycles. The molecule has 1 heterocycles. The van der Waals surface area contributed by atoms with Crippen molar-refractivity contribution in [1.29, 1.82) is 0 Å². The normalized spacial score (nSPS) is 10.7. The Bertz CT molecular complexity index is 463. The van der Waals surface area contributed by atoms with E-state index in [2.05, 4.69) is 71.5 Å². The zero-order valence-corrected chi connectivity index (χ0v) is 9.87. The van der Waals surface area contributed by atoms with E-state index in [1.54, 1.807) is 0 Å². The lowest BCUT2D eigenvalue weighted by molar-refractivity contribution is -0.651. The van der Waals surface area contributed by atoms with E-state index in [1.165, 1.54) is 20.2 Å². The highest BCUT2D eigenvalue weighted by Gasteiger charge is 2.10. The first kappa shape index (κ1) is 8.94. The standard InChI is InChI=1S/C11H11IN/c1-8-7-10(12)9-5-3-4-6-11(9)13(8)2/h3-7H,1-2H3/q+1. The van der Waals surface area contributed by atoms with Crippen LogP contribution in [0, 0.1) is 10.5 Å². The summed E-state index contributed by atoms with van der Waals surface area (Å²) in [5.74, 6) is 0. The Morgan fingerprint density at radius 1 is 1.23 bits per heavy atom. The number of fused-ring (bicyclic) bond motifs is 1. The highest BCUT2D eigenvalue weighted by molar-refractivity contribution is 14.1. The zero-order valence-electron chi connectivity index (χ0n) is 7.71. The Labute approximate surface area is 91.5 Å². The predicted octanol–water partition coefficient (Wildman–Crippen LogP) is 2.58. The van der Waals surface area contributed by atoms with E-state index in [1.807, 2.05) is 0 Å². The van der Waals surface area contributed by atoms with Gasteiger partial charge in [0.1, 0.15) is 7.05 Å². The van der Waals surface area contributed by atoms with Gasteiger partial charge in [0.15, 0.2) is 5.69 Å². The number of nitrogens with zero attached hydrogens (tertiary/aromatic N) is 1. The van der Waals surface area contributed by atoms with Crippen LogP contribution < -0.4 is 4.57 Å². The maximum Gasteiger partial charge on any atom is 0.213 e. The van der Waals surface area contributed by atoms with Gasteiger partial charge in [0, 0.05) is 22.6 Å². The third kappa shape index (κ3) is 1.43. The quantitative estimate of drug-likeness (QED) is 0.517. The Balaban J connectivity index is 2.97. The van der Waals surface area contributed by atoms with Crippen molar-refractivity contribution in [3.05, 3.63) is 39.6 Å². The monoisotopic (exact) mass is 284 g/mol. The molecule has 0 amide bonds. The van der Waals surface area contributed by atoms with Gasteiger partial charge in [-0.15, -0.1) is 0 Å². The third-order valence-corrected chi connectivity index (χ3v) is 3.28. The fourth-order valence-electron chi connectivity index (χ4n) is 1.52. The van der Waals surface area contributed by atoms with Crippen LogP contribution in [-0.4, -0.2) is 0 Å². The van der Waals surface area contributed by atoms with E-state index in [4.69, 9.17) is 0 Å². The van der Waals surface area contributed by atoms with Crippen LogP contribution in [0.25, 0.3) is 10.9 Å². The first-order valence-electron chi connectivity index (χ1n) is 4.24. The molecule has 0 aliphatic rings. The van der Waals surface area contributed by atoms with E-state index < -0.39 is 0 Å². The average molecular weight is 284 g/mol. The summed E-state index contributed by atoms with van der Waals surface area (Å²) in [6.07, 6.45) is 0. The molecule has 0 fully saturated rings. The van der Waals surface area contributed by atoms with E-state index in [-0.39, 0.29) is 0 Å². The van der Waals surface area contributed by atoms with Crippen molar-refractivity contribution in [2.75, 3.05) is 0 Å². The average Bonchev–Trinajstić information content (AvgIpc) is 2.15. The van der Waals surface area contributed by atoms with Crippen LogP contribution in [0.4, 0.5) is 0 Å². The smallest absolute Gasteiger partial charge is 0.199 e. The Kier molecular flexibility index (Phi) is 2.24. The molecule has 0 atom stereocenters. The summed E-state index contributed by atoms with van der Waals surface area (Å²) in [6, 6.07) is 10.7. The van der Waals surface area contributed by atoms with Gasteiger partial charge in [-0.3, -0.25) is 0 Å². The number of aromatic nitrogens is 1. The van der Waals surface area contributed by atoms with Gasteiger partial charge in [0.2, 0.25) is 5.52 Å². The first-order valence-corrected chi connectivity index (χ1v) is 5.32. The molecule has 0 unspecified atom stereocenters. The summed E-state index contributed by atoms with van der Waals surface area (Å²) in [7, 11) is 2.10. The Morgan fingerprint density at radius 3 is 2.69 bits per heavy atom. The molecule has 1 aromatic heterocycles. The number of pyridine rings is 1. The summed E-state index contributed by atoms with van der Waals surface area (Å²) in [6.45, 7) is 2.13. The van der Waals surface area contributed by atoms with Gasteiger partial charge in [0.25, 0.3) is 0 Å². The van der Waals surface area contributed by atoms with Crippen LogP contribution in [0.5, 0.6) is 0 Å². The van der Waals surface area contributed by atoms with Crippen LogP contribution in [0.15, 0.2) is 30.3 Å². The number of para-hydroxylation sites is 1. The number of hydrogen-bond donors (Lipinski definition) is 0. The summed E-state index contributed by atoms with van der Waals surface area (Å²) < 4.78 is 3.54. The van der Waals surface area contributed by atoms with Crippen molar-refractivity contribution in [3.63, 3.8) is 0 Å². The Morgan fingerprint density at radius 2 is 1.92 bits per heavy atom. The molecule has 0 aliphatic heterocycles. The highest BCUT2D eigenvalue weighted by atomic mass is 127. The molecular formula is C11H11IN+. The number of halogens is 1. The summed E-state index contributed by atoms with van der Waals surface area (Å²) in [5.41, 5.74) is 2.59. The van der Waals surface area contributed by atoms with Crippen molar-refractivity contribution in [2.45, 2.75) is 6.92 Å². The molecule has 0 saturated heterocycles. The van der Waals surface area contributed by atoms with Gasteiger partial charge >= 0.3 is 0 Å².